The molecule has 0 spiro atoms. The Morgan fingerprint density at radius 1 is 1.34 bits per heavy atom. The number of hydrogen-bond donors (Lipinski definition) is 3. The van der Waals surface area contributed by atoms with Crippen molar-refractivity contribution in [3.63, 3.8) is 0 Å². The Kier molecular flexibility index (Phi) is 4.04. The highest BCUT2D eigenvalue weighted by molar-refractivity contribution is 5.89. The number of nitrogens with zero attached hydrogens (tertiary/aromatic N) is 2. The summed E-state index contributed by atoms with van der Waals surface area (Å²) >= 11 is 0. The molecule has 0 radical (unpaired) electrons. The monoisotopic (exact) mass is 400 g/mol. The van der Waals surface area contributed by atoms with Crippen LogP contribution in [0.4, 0.5) is 0 Å². The zero-order chi connectivity index (χ0) is 20.8. The van der Waals surface area contributed by atoms with E-state index in [4.69, 9.17) is 0 Å². The summed E-state index contributed by atoms with van der Waals surface area (Å²) in [5.41, 5.74) is 1.48. The summed E-state index contributed by atoms with van der Waals surface area (Å²) < 4.78 is 1.93. The van der Waals surface area contributed by atoms with E-state index in [1.165, 1.54) is 16.8 Å². The van der Waals surface area contributed by atoms with E-state index in [1.54, 1.807) is 0 Å². The van der Waals surface area contributed by atoms with Crippen LogP contribution in [0, 0.1) is 28.6 Å². The van der Waals surface area contributed by atoms with Crippen LogP contribution in [0.15, 0.2) is 11.8 Å². The average molecular weight is 401 g/mol. The van der Waals surface area contributed by atoms with Crippen molar-refractivity contribution >= 4 is 11.9 Å². The molecule has 7 atom stereocenters. The predicted molar refractivity (Wildman–Crippen MR) is 108 cm³/mol. The first kappa shape index (κ1) is 19.5. The highest BCUT2D eigenvalue weighted by Gasteiger charge is 2.68. The number of carbonyl (C=O) groups excluding carboxylic acids is 1. The maximum absolute atomic E-state index is 12.5. The first-order chi connectivity index (χ1) is 13.7. The van der Waals surface area contributed by atoms with Gasteiger partial charge in [0.05, 0.1) is 18.0 Å². The van der Waals surface area contributed by atoms with Gasteiger partial charge in [-0.25, -0.2) is 0 Å². The van der Waals surface area contributed by atoms with Crippen LogP contribution in [0.3, 0.4) is 0 Å². The molecular weight excluding hydrogens is 368 g/mol. The molecule has 0 bridgehead atoms. The predicted octanol–water partition coefficient (Wildman–Crippen LogP) is 1.87. The molecule has 3 N–H and O–H groups in total. The van der Waals surface area contributed by atoms with Crippen molar-refractivity contribution < 1.29 is 20.1 Å². The van der Waals surface area contributed by atoms with Crippen molar-refractivity contribution in [1.82, 2.24) is 9.78 Å². The summed E-state index contributed by atoms with van der Waals surface area (Å²) in [5.74, 6) is 0.0728. The Morgan fingerprint density at radius 2 is 2.10 bits per heavy atom. The normalized spacial score (nSPS) is 45.7. The molecule has 0 aliphatic heterocycles. The SMILES string of the molecule is Cn1ncc2c1C=C1CC[C@@H]3[C@H]([C@@H](O)C[C@@]4(C)[C@H]3CC[C@]4(O)C(=O)CO)[C@@]1(C)C2. The van der Waals surface area contributed by atoms with E-state index in [9.17, 15) is 20.1 Å². The third kappa shape index (κ3) is 2.28. The van der Waals surface area contributed by atoms with Gasteiger partial charge in [0.1, 0.15) is 12.2 Å². The highest BCUT2D eigenvalue weighted by Crippen LogP contribution is 2.67. The zero-order valence-electron chi connectivity index (χ0n) is 17.6. The molecule has 1 aromatic rings. The second kappa shape index (κ2) is 6.02. The van der Waals surface area contributed by atoms with Gasteiger partial charge in [0.25, 0.3) is 0 Å². The molecule has 4 aliphatic rings. The first-order valence-corrected chi connectivity index (χ1v) is 10.9. The number of carbonyl (C=O) groups is 1. The van der Waals surface area contributed by atoms with Gasteiger partial charge in [-0.1, -0.05) is 19.4 Å². The molecule has 4 aliphatic carbocycles. The van der Waals surface area contributed by atoms with Crippen LogP contribution in [0.2, 0.25) is 0 Å². The largest absolute Gasteiger partial charge is 0.393 e. The molecule has 0 unspecified atom stereocenters. The minimum Gasteiger partial charge on any atom is -0.393 e. The lowest BCUT2D eigenvalue weighted by Crippen LogP contribution is -2.62. The van der Waals surface area contributed by atoms with Gasteiger partial charge >= 0.3 is 0 Å². The fourth-order valence-corrected chi connectivity index (χ4v) is 7.91. The smallest absolute Gasteiger partial charge is 0.190 e. The van der Waals surface area contributed by atoms with Crippen LogP contribution >= 0.6 is 0 Å². The molecule has 6 nitrogen and oxygen atoms in total. The van der Waals surface area contributed by atoms with Crippen LogP contribution in [0.25, 0.3) is 6.08 Å². The number of aryl methyl sites for hydroxylation is 1. The Morgan fingerprint density at radius 3 is 2.83 bits per heavy atom. The lowest BCUT2D eigenvalue weighted by atomic mass is 9.45. The lowest BCUT2D eigenvalue weighted by Gasteiger charge is -2.60. The van der Waals surface area contributed by atoms with Crippen LogP contribution in [0.1, 0.15) is 57.2 Å². The molecule has 6 heteroatoms. The van der Waals surface area contributed by atoms with Gasteiger partial charge < -0.3 is 15.3 Å². The highest BCUT2D eigenvalue weighted by atomic mass is 16.3. The lowest BCUT2D eigenvalue weighted by molar-refractivity contribution is -0.181. The van der Waals surface area contributed by atoms with Crippen molar-refractivity contribution in [3.05, 3.63) is 23.0 Å². The molecule has 29 heavy (non-hydrogen) atoms. The number of aromatic nitrogens is 2. The number of aliphatic hydroxyl groups excluding tert-OH is 2. The maximum atomic E-state index is 12.5. The molecular formula is C23H32N2O4. The van der Waals surface area contributed by atoms with E-state index < -0.39 is 29.5 Å². The Hall–Kier alpha value is -1.50. The van der Waals surface area contributed by atoms with Crippen molar-refractivity contribution in [2.75, 3.05) is 6.61 Å². The van der Waals surface area contributed by atoms with Crippen LogP contribution < -0.4 is 0 Å². The number of Topliss-reactive ketones (excluding diaryl/α,β-unsaturated/α-hetero) is 1. The Balaban J connectivity index is 1.55. The van der Waals surface area contributed by atoms with E-state index in [-0.39, 0.29) is 23.2 Å². The number of fused-ring (bicyclic) bond motifs is 6. The average Bonchev–Trinajstić information content (AvgIpc) is 3.16. The summed E-state index contributed by atoms with van der Waals surface area (Å²) in [6.07, 6.45) is 8.05. The summed E-state index contributed by atoms with van der Waals surface area (Å²) in [6.45, 7) is 3.61. The Bertz CT molecular complexity index is 907. The summed E-state index contributed by atoms with van der Waals surface area (Å²) in [4.78, 5) is 12.5. The van der Waals surface area contributed by atoms with E-state index in [0.29, 0.717) is 12.8 Å². The van der Waals surface area contributed by atoms with Gasteiger partial charge in [-0.3, -0.25) is 9.48 Å². The van der Waals surface area contributed by atoms with Gasteiger partial charge in [0.2, 0.25) is 0 Å². The van der Waals surface area contributed by atoms with Crippen LogP contribution in [0.5, 0.6) is 0 Å². The first-order valence-electron chi connectivity index (χ1n) is 10.9. The quantitative estimate of drug-likeness (QED) is 0.704. The molecule has 0 amide bonds. The third-order valence-corrected chi connectivity index (χ3v) is 9.36. The fraction of sp³-hybridized carbons (Fsp3) is 0.739. The number of ketones is 1. The zero-order valence-corrected chi connectivity index (χ0v) is 17.6. The van der Waals surface area contributed by atoms with Crippen LogP contribution in [-0.2, 0) is 18.3 Å². The standard InChI is InChI=1S/C23H32N2O4/c1-21-9-13-11-24-25(3)17(13)8-14(21)4-5-15-16-6-7-23(29,19(28)12-26)22(16,2)10-18(27)20(15)21/h8,11,15-16,18,20,26-27,29H,4-7,9-10,12H2,1-3H3/t15-,16-,18-,20+,21-,22-,23-/m0/s1. The molecule has 0 aromatic carbocycles. The van der Waals surface area contributed by atoms with Crippen molar-refractivity contribution in [2.24, 2.45) is 35.6 Å². The fourth-order valence-electron chi connectivity index (χ4n) is 7.91. The topological polar surface area (TPSA) is 95.6 Å². The molecule has 3 fully saturated rings. The number of hydrogen-bond acceptors (Lipinski definition) is 5. The van der Waals surface area contributed by atoms with E-state index in [1.807, 2.05) is 24.9 Å². The van der Waals surface area contributed by atoms with Gasteiger partial charge in [0.15, 0.2) is 5.78 Å². The van der Waals surface area contributed by atoms with Gasteiger partial charge in [-0.05, 0) is 73.3 Å². The van der Waals surface area contributed by atoms with Crippen LogP contribution in [-0.4, -0.2) is 49.2 Å². The summed E-state index contributed by atoms with van der Waals surface area (Å²) in [7, 11) is 1.97. The minimum absolute atomic E-state index is 0.112. The van der Waals surface area contributed by atoms with Crippen molar-refractivity contribution in [3.8, 4) is 0 Å². The molecule has 158 valence electrons. The molecule has 0 saturated heterocycles. The molecule has 1 heterocycles. The molecule has 1 aromatic heterocycles. The van der Waals surface area contributed by atoms with Gasteiger partial charge in [-0.2, -0.15) is 5.10 Å². The van der Waals surface area contributed by atoms with Gasteiger partial charge in [0, 0.05) is 12.5 Å². The van der Waals surface area contributed by atoms with E-state index in [2.05, 4.69) is 18.1 Å². The minimum atomic E-state index is -1.53. The summed E-state index contributed by atoms with van der Waals surface area (Å²) in [6, 6.07) is 0. The van der Waals surface area contributed by atoms with Crippen molar-refractivity contribution in [2.45, 2.75) is 64.1 Å². The third-order valence-electron chi connectivity index (χ3n) is 9.36. The van der Waals surface area contributed by atoms with E-state index in [0.717, 1.165) is 25.7 Å². The molecule has 3 saturated carbocycles. The van der Waals surface area contributed by atoms with Crippen molar-refractivity contribution in [1.29, 1.82) is 0 Å². The number of aliphatic hydroxyl groups is 3. The summed E-state index contributed by atoms with van der Waals surface area (Å²) in [5, 5.41) is 36.6. The second-order valence-electron chi connectivity index (χ2n) is 10.4. The Labute approximate surface area is 171 Å². The van der Waals surface area contributed by atoms with Gasteiger partial charge in [-0.15, -0.1) is 0 Å². The van der Waals surface area contributed by atoms with E-state index >= 15 is 0 Å². The maximum Gasteiger partial charge on any atom is 0.190 e. The molecule has 5 rings (SSSR count). The number of rotatable bonds is 2. The number of allylic oxidation sites excluding steroid dienone is 1. The second-order valence-corrected chi connectivity index (χ2v) is 10.4.